The molecule has 1 saturated carbocycles. The molecule has 10 heterocycles. The Morgan fingerprint density at radius 1 is 0.561 bits per heavy atom. The number of anilines is 7. The van der Waals surface area contributed by atoms with Gasteiger partial charge in [-0.1, -0.05) is 116 Å². The van der Waals surface area contributed by atoms with Crippen molar-refractivity contribution in [2.45, 2.75) is 178 Å². The molecule has 602 valence electrons. The number of nitrogens with one attached hydrogen (secondary N) is 4. The molecular weight excluding hydrogens is 1500 g/mol. The van der Waals surface area contributed by atoms with Crippen molar-refractivity contribution in [1.29, 1.82) is 0 Å². The van der Waals surface area contributed by atoms with Gasteiger partial charge < -0.3 is 35.4 Å². The lowest BCUT2D eigenvalue weighted by Crippen LogP contribution is -2.41. The van der Waals surface area contributed by atoms with Crippen LogP contribution in [0.25, 0.3) is 11.3 Å². The topological polar surface area (TPSA) is 327 Å². The number of nitrogen functional groups attached to an aromatic ring is 1. The van der Waals surface area contributed by atoms with Crippen molar-refractivity contribution < 1.29 is 44.4 Å². The molecule has 6 aromatic heterocycles. The molecule has 4 atom stereocenters. The van der Waals surface area contributed by atoms with Crippen molar-refractivity contribution in [3.8, 4) is 17.0 Å². The van der Waals surface area contributed by atoms with Gasteiger partial charge >= 0.3 is 0 Å². The molecule has 14 rings (SSSR count). The number of nitrogens with zero attached hydrogens (tertiary/aromatic N) is 10. The second kappa shape index (κ2) is 33.5. The molecule has 3 aromatic carbocycles. The van der Waals surface area contributed by atoms with Gasteiger partial charge in [0.15, 0.2) is 15.1 Å². The van der Waals surface area contributed by atoms with E-state index < -0.39 is 47.8 Å². The first-order valence-corrected chi connectivity index (χ1v) is 43.4. The molecule has 1 spiro atoms. The van der Waals surface area contributed by atoms with Crippen LogP contribution in [0.15, 0.2) is 191 Å². The Hall–Kier alpha value is -10.6. The summed E-state index contributed by atoms with van der Waals surface area (Å²) in [6.45, 7) is 32.0. The first-order chi connectivity index (χ1) is 53.9. The predicted octanol–water partition coefficient (Wildman–Crippen LogP) is 14.4. The third-order valence-electron chi connectivity index (χ3n) is 21.4. The number of sulfonamides is 3. The van der Waals surface area contributed by atoms with Gasteiger partial charge in [0.25, 0.3) is 47.8 Å². The quantitative estimate of drug-likeness (QED) is 0.0473. The molecule has 9 aromatic rings. The second-order valence-corrected chi connectivity index (χ2v) is 38.6. The monoisotopic (exact) mass is 1600 g/mol. The van der Waals surface area contributed by atoms with Crippen LogP contribution < -0.4 is 49.6 Å². The van der Waals surface area contributed by atoms with E-state index >= 15 is 0 Å². The Bertz CT molecular complexity index is 5370. The highest BCUT2D eigenvalue weighted by Crippen LogP contribution is 2.53. The van der Waals surface area contributed by atoms with Gasteiger partial charge in [0, 0.05) is 78.9 Å². The third kappa shape index (κ3) is 19.6. The summed E-state index contributed by atoms with van der Waals surface area (Å²) < 4.78 is 91.4. The number of carbonyl (C=O) groups excluding carboxylic acids is 3. The molecule has 5 aliphatic rings. The lowest BCUT2D eigenvalue weighted by atomic mass is 9.87. The van der Waals surface area contributed by atoms with Gasteiger partial charge in [-0.25, -0.2) is 44.1 Å². The van der Waals surface area contributed by atoms with Crippen molar-refractivity contribution in [3.05, 3.63) is 210 Å². The fraction of sp³-hybridized carbons (Fsp3) is 0.407. The minimum absolute atomic E-state index is 0.0277. The van der Waals surface area contributed by atoms with E-state index in [0.29, 0.717) is 71.0 Å². The first kappa shape index (κ1) is 82.9. The molecule has 5 fully saturated rings. The summed E-state index contributed by atoms with van der Waals surface area (Å²) in [4.78, 5) is 75.0. The zero-order valence-corrected chi connectivity index (χ0v) is 69.6. The predicted molar refractivity (Wildman–Crippen MR) is 447 cm³/mol. The molecule has 25 nitrogen and oxygen atoms in total. The molecule has 4 aliphatic heterocycles. The number of ether oxygens (including phenoxy) is 1. The first-order valence-electron chi connectivity index (χ1n) is 38.9. The summed E-state index contributed by atoms with van der Waals surface area (Å²) in [6.07, 6.45) is 10.3. The summed E-state index contributed by atoms with van der Waals surface area (Å²) in [5.74, 6) is 3.08. The van der Waals surface area contributed by atoms with Gasteiger partial charge in [-0.05, 0) is 228 Å². The largest absolute Gasteiger partial charge is 0.493 e. The number of aromatic nitrogens is 6. The number of piperidine rings is 1. The second-order valence-electron chi connectivity index (χ2n) is 33.7. The van der Waals surface area contributed by atoms with Crippen LogP contribution in [0.5, 0.6) is 5.75 Å². The minimum atomic E-state index is -4.23. The molecular formula is C86H105N15O10S3. The Labute approximate surface area is 671 Å². The van der Waals surface area contributed by atoms with Gasteiger partial charge in [-0.3, -0.25) is 14.4 Å². The maximum absolute atomic E-state index is 13.5. The van der Waals surface area contributed by atoms with Crippen LogP contribution >= 0.6 is 0 Å². The van der Waals surface area contributed by atoms with E-state index in [-0.39, 0.29) is 59.6 Å². The Morgan fingerprint density at radius 3 is 1.62 bits per heavy atom. The summed E-state index contributed by atoms with van der Waals surface area (Å²) >= 11 is 0. The zero-order chi connectivity index (χ0) is 81.9. The number of carbonyl (C=O) groups is 3. The number of nitrogens with two attached hydrogens (primary N) is 1. The molecule has 0 radical (unpaired) electrons. The van der Waals surface area contributed by atoms with Crippen LogP contribution in [0, 0.1) is 30.6 Å². The van der Waals surface area contributed by atoms with E-state index in [9.17, 15) is 39.6 Å². The summed E-state index contributed by atoms with van der Waals surface area (Å²) in [7, 11) is -12.7. The molecule has 3 amide bonds. The van der Waals surface area contributed by atoms with Crippen molar-refractivity contribution in [1.82, 2.24) is 44.1 Å². The minimum Gasteiger partial charge on any atom is -0.493 e. The van der Waals surface area contributed by atoms with E-state index in [1.54, 1.807) is 67.0 Å². The number of hydrogen-bond acceptors (Lipinski definition) is 22. The Kier molecular flexibility index (Phi) is 24.3. The van der Waals surface area contributed by atoms with Crippen LogP contribution in [-0.2, 0) is 35.5 Å². The van der Waals surface area contributed by atoms with Crippen LogP contribution in [0.4, 0.5) is 40.6 Å². The maximum Gasteiger partial charge on any atom is 0.281 e. The van der Waals surface area contributed by atoms with Gasteiger partial charge in [0.1, 0.15) is 40.7 Å². The average molecular weight is 1610 g/mol. The van der Waals surface area contributed by atoms with E-state index in [1.165, 1.54) is 41.5 Å². The van der Waals surface area contributed by atoms with Gasteiger partial charge in [0.2, 0.25) is 0 Å². The van der Waals surface area contributed by atoms with Gasteiger partial charge in [-0.15, -0.1) is 0 Å². The Morgan fingerprint density at radius 2 is 1.09 bits per heavy atom. The maximum atomic E-state index is 13.5. The van der Waals surface area contributed by atoms with E-state index in [0.717, 1.165) is 100 Å². The average Bonchev–Trinajstić information content (AvgIpc) is 1.57. The summed E-state index contributed by atoms with van der Waals surface area (Å²) in [5, 5.41) is 2.39. The molecule has 1 aliphatic carbocycles. The number of hydrogen-bond donors (Lipinski definition) is 5. The Balaban J connectivity index is 0.000000158. The van der Waals surface area contributed by atoms with Crippen LogP contribution in [-0.4, -0.2) is 129 Å². The highest BCUT2D eigenvalue weighted by atomic mass is 32.2. The van der Waals surface area contributed by atoms with Crippen LogP contribution in [0.2, 0.25) is 0 Å². The number of rotatable bonds is 20. The van der Waals surface area contributed by atoms with E-state index in [4.69, 9.17) is 15.5 Å². The standard InChI is InChI=1S/C29H35N5O4S.C29H35N5O3S.C28H35N5O3S/c1-18(2)17-38-22-13-19(3)12-21(14-22)24-9-8-23(27(31-24)34-16-20(4)15-29(34)10-11-29)28(35)33-39(36,37)26-7-5-6-25(30)32-26;1-21-18-29(2,3)34(19-21)27-24(13-8-16-30-27)28(35)32-38(36,37)26-15-7-14-25(31-26)33-17-9-12-23(20-33)22-10-5-4-6-11-22;1-19-17-28(5,6)33(18-19)25-22(9-8-16-29-25)26(34)32-37(35,36)24-11-7-10-23(31-24)30-21-14-12-20(13-15-21)27(2,3)4/h5-9,12-14,18,20H,10-11,15-17H2,1-4H3,(H2,30,32)(H,33,35);4-8,10-11,13-16,21,23H,9,12,17-20H2,1-3H3,(H,32,35);7-16,19H,17-18H2,1-6H3,(H,30,31)(H,32,34). The van der Waals surface area contributed by atoms with E-state index in [2.05, 4.69) is 159 Å². The van der Waals surface area contributed by atoms with Crippen LogP contribution in [0.1, 0.15) is 182 Å². The molecule has 114 heavy (non-hydrogen) atoms. The highest BCUT2D eigenvalue weighted by Gasteiger charge is 2.54. The van der Waals surface area contributed by atoms with Crippen molar-refractivity contribution >= 4 is 88.4 Å². The fourth-order valence-electron chi connectivity index (χ4n) is 16.0. The molecule has 6 N–H and O–H groups in total. The fourth-order valence-corrected chi connectivity index (χ4v) is 18.8. The lowest BCUT2D eigenvalue weighted by Gasteiger charge is -2.34. The number of pyridine rings is 6. The highest BCUT2D eigenvalue weighted by molar-refractivity contribution is 7.90. The van der Waals surface area contributed by atoms with E-state index in [1.807, 2.05) is 73.7 Å². The molecule has 4 saturated heterocycles. The summed E-state index contributed by atoms with van der Waals surface area (Å²) in [5.41, 5.74) is 11.7. The van der Waals surface area contributed by atoms with Crippen LogP contribution in [0.3, 0.4) is 0 Å². The third-order valence-corrected chi connectivity index (χ3v) is 25.1. The smallest absolute Gasteiger partial charge is 0.281 e. The number of aryl methyl sites for hydroxylation is 1. The van der Waals surface area contributed by atoms with Crippen molar-refractivity contribution in [2.75, 3.05) is 70.0 Å². The lowest BCUT2D eigenvalue weighted by molar-refractivity contribution is 0.0972. The molecule has 0 bridgehead atoms. The normalized spacial score (nSPS) is 18.9. The van der Waals surface area contributed by atoms with Crippen molar-refractivity contribution in [3.63, 3.8) is 0 Å². The molecule has 28 heteroatoms. The zero-order valence-electron chi connectivity index (χ0n) is 67.2. The number of benzene rings is 3. The molecule has 4 unspecified atom stereocenters. The van der Waals surface area contributed by atoms with Crippen molar-refractivity contribution in [2.24, 2.45) is 23.7 Å². The summed E-state index contributed by atoms with van der Waals surface area (Å²) in [6, 6.07) is 48.0. The number of amides is 3. The SMILES string of the molecule is CC1CN(c2ncccc2C(=O)NS(=O)(=O)c2cccc(N3CCCC(c4ccccc4)C3)n2)C(C)(C)C1.CC1CN(c2ncccc2C(=O)NS(=O)(=O)c2cccc(Nc3ccc(C(C)(C)C)cc3)n2)C(C)(C)C1.Cc1cc(OCC(C)C)cc(-c2ccc(C(=O)NS(=O)(=O)c3cccc(N)n3)c(N3CC(C)CC34CC4)n2)c1. The van der Waals surface area contributed by atoms with Gasteiger partial charge in [0.05, 0.1) is 29.0 Å². The van der Waals surface area contributed by atoms with Gasteiger partial charge in [-0.2, -0.15) is 25.3 Å².